The first-order valence-corrected chi connectivity index (χ1v) is 9.66. The Morgan fingerprint density at radius 1 is 1.23 bits per heavy atom. The van der Waals surface area contributed by atoms with Crippen molar-refractivity contribution in [2.75, 3.05) is 26.7 Å². The van der Waals surface area contributed by atoms with E-state index < -0.39 is 0 Å². The maximum Gasteiger partial charge on any atom is 0.234 e. The minimum Gasteiger partial charge on any atom is -0.400 e. The maximum absolute atomic E-state index is 12.6. The number of allylic oxidation sites excluding steroid dienone is 3. The van der Waals surface area contributed by atoms with Gasteiger partial charge in [-0.2, -0.15) is 0 Å². The van der Waals surface area contributed by atoms with Gasteiger partial charge >= 0.3 is 0 Å². The molecule has 26 heavy (non-hydrogen) atoms. The topological polar surface area (TPSA) is 87.4 Å². The largest absolute Gasteiger partial charge is 0.400 e. The fourth-order valence-electron chi connectivity index (χ4n) is 2.76. The number of primary amides is 1. The van der Waals surface area contributed by atoms with Crippen molar-refractivity contribution in [1.82, 2.24) is 10.6 Å². The molecule has 1 saturated heterocycles. The summed E-state index contributed by atoms with van der Waals surface area (Å²) in [5.74, 6) is 0.269. The number of hydrogen-bond donors (Lipinski definition) is 4. The highest BCUT2D eigenvalue weighted by molar-refractivity contribution is 5.79. The Morgan fingerprint density at radius 3 is 2.46 bits per heavy atom. The molecular weight excluding hydrogens is 333 g/mol. The second-order valence-corrected chi connectivity index (χ2v) is 6.23. The Kier molecular flexibility index (Phi) is 19.2. The van der Waals surface area contributed by atoms with Gasteiger partial charge in [0, 0.05) is 13.7 Å². The second-order valence-electron chi connectivity index (χ2n) is 6.23. The van der Waals surface area contributed by atoms with Crippen LogP contribution in [-0.4, -0.2) is 43.8 Å². The molecule has 2 unspecified atom stereocenters. The van der Waals surface area contributed by atoms with Crippen molar-refractivity contribution in [2.24, 2.45) is 11.7 Å². The molecule has 1 heterocycles. The average Bonchev–Trinajstić information content (AvgIpc) is 2.89. The maximum atomic E-state index is 12.6. The van der Waals surface area contributed by atoms with Gasteiger partial charge in [0.2, 0.25) is 5.91 Å². The van der Waals surface area contributed by atoms with E-state index in [1.165, 1.54) is 19.4 Å². The number of aliphatic hydroxyl groups is 1. The molecule has 0 aromatic carbocycles. The van der Waals surface area contributed by atoms with Crippen LogP contribution in [0.2, 0.25) is 0 Å². The lowest BCUT2D eigenvalue weighted by Crippen LogP contribution is -2.40. The molecule has 0 saturated carbocycles. The van der Waals surface area contributed by atoms with Gasteiger partial charge in [-0.25, -0.2) is 4.39 Å². The lowest BCUT2D eigenvalue weighted by atomic mass is 9.94. The van der Waals surface area contributed by atoms with E-state index in [1.54, 1.807) is 0 Å². The minimum absolute atomic E-state index is 0.150. The highest BCUT2D eigenvalue weighted by atomic mass is 19.1. The van der Waals surface area contributed by atoms with Crippen LogP contribution in [0.3, 0.4) is 0 Å². The van der Waals surface area contributed by atoms with Gasteiger partial charge < -0.3 is 21.5 Å². The molecule has 1 aliphatic heterocycles. The first-order valence-electron chi connectivity index (χ1n) is 9.66. The second kappa shape index (κ2) is 18.5. The van der Waals surface area contributed by atoms with Gasteiger partial charge in [-0.3, -0.25) is 4.79 Å². The Hall–Kier alpha value is -1.24. The van der Waals surface area contributed by atoms with E-state index in [-0.39, 0.29) is 17.8 Å². The quantitative estimate of drug-likeness (QED) is 0.389. The number of aliphatic hydroxyl groups excluding tert-OH is 1. The van der Waals surface area contributed by atoms with Crippen LogP contribution in [0, 0.1) is 5.92 Å². The third-order valence-corrected chi connectivity index (χ3v) is 4.12. The van der Waals surface area contributed by atoms with Crippen LogP contribution in [0.5, 0.6) is 0 Å². The summed E-state index contributed by atoms with van der Waals surface area (Å²) in [6, 6.07) is -0.150. The molecule has 6 heteroatoms. The van der Waals surface area contributed by atoms with Gasteiger partial charge in [-0.05, 0) is 71.0 Å². The lowest BCUT2D eigenvalue weighted by molar-refractivity contribution is -0.120. The monoisotopic (exact) mass is 373 g/mol. The van der Waals surface area contributed by atoms with Gasteiger partial charge in [-0.1, -0.05) is 25.5 Å². The third-order valence-electron chi connectivity index (χ3n) is 4.12. The first-order chi connectivity index (χ1) is 12.5. The van der Waals surface area contributed by atoms with Crippen molar-refractivity contribution < 1.29 is 14.3 Å². The zero-order valence-electron chi connectivity index (χ0n) is 17.3. The smallest absolute Gasteiger partial charge is 0.234 e. The van der Waals surface area contributed by atoms with Gasteiger partial charge in [0.1, 0.15) is 0 Å². The highest BCUT2D eigenvalue weighted by Gasteiger charge is 2.21. The molecular formula is C20H40FN3O2. The van der Waals surface area contributed by atoms with Crippen LogP contribution in [0.15, 0.2) is 23.6 Å². The molecule has 5 N–H and O–H groups in total. The van der Waals surface area contributed by atoms with E-state index in [0.717, 1.165) is 58.0 Å². The van der Waals surface area contributed by atoms with Crippen molar-refractivity contribution in [3.8, 4) is 0 Å². The van der Waals surface area contributed by atoms with E-state index in [2.05, 4.69) is 10.6 Å². The zero-order valence-corrected chi connectivity index (χ0v) is 17.3. The molecule has 0 bridgehead atoms. The third kappa shape index (κ3) is 15.0. The van der Waals surface area contributed by atoms with E-state index in [9.17, 15) is 9.18 Å². The Morgan fingerprint density at radius 2 is 1.88 bits per heavy atom. The van der Waals surface area contributed by atoms with Crippen LogP contribution in [0.25, 0.3) is 0 Å². The molecule has 1 aliphatic rings. The molecule has 1 rings (SSSR count). The Labute approximate surface area is 159 Å². The van der Waals surface area contributed by atoms with Crippen LogP contribution in [0.1, 0.15) is 59.8 Å². The van der Waals surface area contributed by atoms with Crippen molar-refractivity contribution in [2.45, 2.75) is 65.8 Å². The first kappa shape index (κ1) is 27.0. The average molecular weight is 374 g/mol. The van der Waals surface area contributed by atoms with Gasteiger partial charge in [0.25, 0.3) is 0 Å². The predicted molar refractivity (Wildman–Crippen MR) is 109 cm³/mol. The SMILES string of the molecule is C/C(F)=C\C=C(/C)CNCCCC1CCNC(C(N)=O)CC1.CC.CO. The summed E-state index contributed by atoms with van der Waals surface area (Å²) >= 11 is 0. The van der Waals surface area contributed by atoms with Crippen molar-refractivity contribution in [1.29, 1.82) is 0 Å². The van der Waals surface area contributed by atoms with E-state index in [0.29, 0.717) is 5.92 Å². The standard InChI is InChI=1S/C17H30FN3O.C2H6.CH4O/c1-13(5-6-14(2)18)12-20-10-3-4-15-7-8-16(17(19)22)21-11-9-15;2*1-2/h5-6,15-16,20-21H,3-4,7-12H2,1-2H3,(H2,19,22);1-2H3;2H,1H3/b13-5+,14-6+;;. The van der Waals surface area contributed by atoms with E-state index in [1.807, 2.05) is 26.8 Å². The Bertz CT molecular complexity index is 408. The lowest BCUT2D eigenvalue weighted by Gasteiger charge is -2.13. The summed E-state index contributed by atoms with van der Waals surface area (Å²) in [7, 11) is 1.00. The molecule has 5 nitrogen and oxygen atoms in total. The molecule has 2 atom stereocenters. The van der Waals surface area contributed by atoms with Crippen molar-refractivity contribution >= 4 is 5.91 Å². The summed E-state index contributed by atoms with van der Waals surface area (Å²) < 4.78 is 12.6. The number of carbonyl (C=O) groups excluding carboxylic acids is 1. The van der Waals surface area contributed by atoms with Gasteiger partial charge in [-0.15, -0.1) is 0 Å². The summed E-state index contributed by atoms with van der Waals surface area (Å²) in [5.41, 5.74) is 6.47. The molecule has 0 aliphatic carbocycles. The Balaban J connectivity index is 0. The van der Waals surface area contributed by atoms with Crippen LogP contribution in [0.4, 0.5) is 4.39 Å². The number of nitrogens with two attached hydrogens (primary N) is 1. The van der Waals surface area contributed by atoms with Crippen molar-refractivity contribution in [3.63, 3.8) is 0 Å². The van der Waals surface area contributed by atoms with Gasteiger partial charge in [0.15, 0.2) is 0 Å². The fraction of sp³-hybridized carbons (Fsp3) is 0.750. The number of carbonyl (C=O) groups is 1. The molecule has 1 fully saturated rings. The molecule has 0 aromatic heterocycles. The molecule has 1 amide bonds. The molecule has 0 radical (unpaired) electrons. The predicted octanol–water partition coefficient (Wildman–Crippen LogP) is 3.05. The molecule has 0 spiro atoms. The number of hydrogen-bond acceptors (Lipinski definition) is 4. The van der Waals surface area contributed by atoms with Gasteiger partial charge in [0.05, 0.1) is 11.9 Å². The normalized spacial score (nSPS) is 20.9. The van der Waals surface area contributed by atoms with Crippen LogP contribution >= 0.6 is 0 Å². The molecule has 0 aromatic rings. The summed E-state index contributed by atoms with van der Waals surface area (Å²) in [5, 5.41) is 13.6. The zero-order chi connectivity index (χ0) is 20.4. The summed E-state index contributed by atoms with van der Waals surface area (Å²) in [4.78, 5) is 11.2. The van der Waals surface area contributed by atoms with Crippen LogP contribution < -0.4 is 16.4 Å². The highest BCUT2D eigenvalue weighted by Crippen LogP contribution is 2.21. The number of amides is 1. The number of halogens is 1. The summed E-state index contributed by atoms with van der Waals surface area (Å²) in [6.45, 7) is 10.1. The van der Waals surface area contributed by atoms with E-state index in [4.69, 9.17) is 10.8 Å². The summed E-state index contributed by atoms with van der Waals surface area (Å²) in [6.07, 6.45) is 8.63. The number of nitrogens with one attached hydrogen (secondary N) is 2. The van der Waals surface area contributed by atoms with E-state index >= 15 is 0 Å². The van der Waals surface area contributed by atoms with Crippen LogP contribution in [-0.2, 0) is 4.79 Å². The molecule has 154 valence electrons. The fourth-order valence-corrected chi connectivity index (χ4v) is 2.76. The minimum atomic E-state index is -0.234. The number of rotatable bonds is 8. The van der Waals surface area contributed by atoms with Crippen molar-refractivity contribution in [3.05, 3.63) is 23.6 Å².